The van der Waals surface area contributed by atoms with Gasteiger partial charge in [0.05, 0.1) is 17.6 Å². The number of anilines is 3. The molecule has 0 aliphatic heterocycles. The molecule has 3 heterocycles. The Morgan fingerprint density at radius 2 is 1.88 bits per heavy atom. The summed E-state index contributed by atoms with van der Waals surface area (Å²) in [4.78, 5) is 17.8. The molecule has 1 amide bonds. The Morgan fingerprint density at radius 3 is 2.68 bits per heavy atom. The zero-order chi connectivity index (χ0) is 17.4. The standard InChI is InChI=1S/C16H12N6OS2/c17-9-6-10-11(18)12(24-15(10)19-7-9)13(23)20-16-22-21-14(25-16)8-4-2-1-3-5-8/h1-7H,17-18H2,(H,20,22,23). The predicted molar refractivity (Wildman–Crippen MR) is 102 cm³/mol. The number of pyridine rings is 1. The number of benzene rings is 1. The van der Waals surface area contributed by atoms with Gasteiger partial charge in [0.15, 0.2) is 0 Å². The van der Waals surface area contributed by atoms with Crippen molar-refractivity contribution >= 4 is 55.3 Å². The van der Waals surface area contributed by atoms with Gasteiger partial charge in [0.25, 0.3) is 5.91 Å². The number of amides is 1. The molecule has 9 heteroatoms. The normalized spacial score (nSPS) is 10.9. The quantitative estimate of drug-likeness (QED) is 0.511. The second-order valence-corrected chi connectivity index (χ2v) is 7.18. The van der Waals surface area contributed by atoms with Gasteiger partial charge in [-0.15, -0.1) is 21.5 Å². The molecule has 7 nitrogen and oxygen atoms in total. The van der Waals surface area contributed by atoms with E-state index in [1.54, 1.807) is 6.07 Å². The number of nitrogens with zero attached hydrogens (tertiary/aromatic N) is 3. The van der Waals surface area contributed by atoms with Crippen molar-refractivity contribution in [1.82, 2.24) is 15.2 Å². The lowest BCUT2D eigenvalue weighted by atomic mass is 10.2. The van der Waals surface area contributed by atoms with Crippen molar-refractivity contribution in [2.75, 3.05) is 16.8 Å². The van der Waals surface area contributed by atoms with Crippen LogP contribution in [0.1, 0.15) is 9.67 Å². The zero-order valence-corrected chi connectivity index (χ0v) is 14.4. The van der Waals surface area contributed by atoms with Crippen molar-refractivity contribution in [3.8, 4) is 10.6 Å². The SMILES string of the molecule is Nc1cnc2sc(C(=O)Nc3nnc(-c4ccccc4)s3)c(N)c2c1. The molecule has 0 saturated heterocycles. The summed E-state index contributed by atoms with van der Waals surface area (Å²) in [5.74, 6) is -0.338. The van der Waals surface area contributed by atoms with E-state index in [1.807, 2.05) is 30.3 Å². The molecule has 0 saturated carbocycles. The number of thiophene rings is 1. The van der Waals surface area contributed by atoms with Crippen LogP contribution >= 0.6 is 22.7 Å². The van der Waals surface area contributed by atoms with Gasteiger partial charge in [0, 0.05) is 10.9 Å². The molecule has 0 aliphatic rings. The molecule has 0 radical (unpaired) electrons. The molecule has 1 aromatic carbocycles. The van der Waals surface area contributed by atoms with Gasteiger partial charge in [-0.25, -0.2) is 4.98 Å². The lowest BCUT2D eigenvalue weighted by molar-refractivity contribution is 0.103. The summed E-state index contributed by atoms with van der Waals surface area (Å²) in [7, 11) is 0. The Kier molecular flexibility index (Phi) is 3.79. The van der Waals surface area contributed by atoms with Crippen molar-refractivity contribution in [2.24, 2.45) is 0 Å². The third kappa shape index (κ3) is 2.90. The molecule has 5 N–H and O–H groups in total. The molecule has 0 bridgehead atoms. The van der Waals surface area contributed by atoms with Gasteiger partial charge in [0.2, 0.25) is 5.13 Å². The van der Waals surface area contributed by atoms with Crippen LogP contribution in [0.5, 0.6) is 0 Å². The number of rotatable bonds is 3. The molecule has 0 aliphatic carbocycles. The van der Waals surface area contributed by atoms with Crippen LogP contribution in [0.25, 0.3) is 20.8 Å². The Morgan fingerprint density at radius 1 is 1.08 bits per heavy atom. The van der Waals surface area contributed by atoms with Gasteiger partial charge in [-0.05, 0) is 6.07 Å². The zero-order valence-electron chi connectivity index (χ0n) is 12.8. The highest BCUT2D eigenvalue weighted by molar-refractivity contribution is 7.21. The third-order valence-electron chi connectivity index (χ3n) is 3.48. The minimum Gasteiger partial charge on any atom is -0.397 e. The maximum absolute atomic E-state index is 12.5. The fourth-order valence-corrected chi connectivity index (χ4v) is 4.00. The lowest BCUT2D eigenvalue weighted by Gasteiger charge is -1.99. The van der Waals surface area contributed by atoms with Crippen LogP contribution in [0, 0.1) is 0 Å². The largest absolute Gasteiger partial charge is 0.397 e. The van der Waals surface area contributed by atoms with Gasteiger partial charge in [-0.3, -0.25) is 10.1 Å². The second-order valence-electron chi connectivity index (χ2n) is 5.20. The first-order chi connectivity index (χ1) is 12.1. The van der Waals surface area contributed by atoms with E-state index in [0.29, 0.717) is 31.6 Å². The average molecular weight is 368 g/mol. The maximum atomic E-state index is 12.5. The molecule has 3 aromatic heterocycles. The monoisotopic (exact) mass is 368 g/mol. The van der Waals surface area contributed by atoms with E-state index < -0.39 is 0 Å². The highest BCUT2D eigenvalue weighted by Gasteiger charge is 2.19. The summed E-state index contributed by atoms with van der Waals surface area (Å²) >= 11 is 2.51. The molecule has 4 rings (SSSR count). The van der Waals surface area contributed by atoms with Crippen LogP contribution in [0.3, 0.4) is 0 Å². The molecule has 25 heavy (non-hydrogen) atoms. The summed E-state index contributed by atoms with van der Waals surface area (Å²) < 4.78 is 0. The molecule has 0 spiro atoms. The van der Waals surface area contributed by atoms with Crippen molar-refractivity contribution in [3.05, 3.63) is 47.5 Å². The number of carbonyl (C=O) groups excluding carboxylic acids is 1. The number of fused-ring (bicyclic) bond motifs is 1. The van der Waals surface area contributed by atoms with Gasteiger partial charge in [0.1, 0.15) is 14.7 Å². The molecule has 0 atom stereocenters. The van der Waals surface area contributed by atoms with Crippen LogP contribution in [0.4, 0.5) is 16.5 Å². The van der Waals surface area contributed by atoms with E-state index >= 15 is 0 Å². The number of nitrogen functional groups attached to an aromatic ring is 2. The number of aromatic nitrogens is 3. The summed E-state index contributed by atoms with van der Waals surface area (Å²) in [6.07, 6.45) is 1.54. The van der Waals surface area contributed by atoms with E-state index in [9.17, 15) is 4.79 Å². The Labute approximate surface area is 150 Å². The van der Waals surface area contributed by atoms with E-state index in [4.69, 9.17) is 11.5 Å². The van der Waals surface area contributed by atoms with Crippen LogP contribution in [0.2, 0.25) is 0 Å². The first-order valence-electron chi connectivity index (χ1n) is 7.25. The van der Waals surface area contributed by atoms with Gasteiger partial charge in [-0.1, -0.05) is 41.7 Å². The Hall–Kier alpha value is -3.04. The first kappa shape index (κ1) is 15.5. The smallest absolute Gasteiger partial charge is 0.269 e. The highest BCUT2D eigenvalue weighted by Crippen LogP contribution is 2.34. The van der Waals surface area contributed by atoms with Gasteiger partial charge >= 0.3 is 0 Å². The number of nitrogens with two attached hydrogens (primary N) is 2. The fourth-order valence-electron chi connectivity index (χ4n) is 2.31. The summed E-state index contributed by atoms with van der Waals surface area (Å²) in [5, 5.41) is 12.7. The molecule has 4 aromatic rings. The second kappa shape index (κ2) is 6.11. The topological polar surface area (TPSA) is 120 Å². The average Bonchev–Trinajstić information content (AvgIpc) is 3.21. The van der Waals surface area contributed by atoms with E-state index in [2.05, 4.69) is 20.5 Å². The van der Waals surface area contributed by atoms with Gasteiger partial charge in [-0.2, -0.15) is 0 Å². The van der Waals surface area contributed by atoms with Gasteiger partial charge < -0.3 is 11.5 Å². The maximum Gasteiger partial charge on any atom is 0.269 e. The van der Waals surface area contributed by atoms with Crippen molar-refractivity contribution in [1.29, 1.82) is 0 Å². The van der Waals surface area contributed by atoms with E-state index in [1.165, 1.54) is 28.9 Å². The number of hydrogen-bond donors (Lipinski definition) is 3. The fraction of sp³-hybridized carbons (Fsp3) is 0. The summed E-state index contributed by atoms with van der Waals surface area (Å²) in [6.45, 7) is 0. The van der Waals surface area contributed by atoms with Crippen LogP contribution < -0.4 is 16.8 Å². The number of hydrogen-bond acceptors (Lipinski definition) is 8. The number of nitrogens with one attached hydrogen (secondary N) is 1. The first-order valence-corrected chi connectivity index (χ1v) is 8.89. The van der Waals surface area contributed by atoms with Crippen molar-refractivity contribution < 1.29 is 4.79 Å². The van der Waals surface area contributed by atoms with Crippen LogP contribution in [-0.2, 0) is 0 Å². The minimum atomic E-state index is -0.338. The summed E-state index contributed by atoms with van der Waals surface area (Å²) in [6, 6.07) is 11.4. The molecule has 124 valence electrons. The molecular weight excluding hydrogens is 356 g/mol. The Bertz CT molecular complexity index is 1070. The van der Waals surface area contributed by atoms with Crippen molar-refractivity contribution in [2.45, 2.75) is 0 Å². The highest BCUT2D eigenvalue weighted by atomic mass is 32.1. The van der Waals surface area contributed by atoms with E-state index in [-0.39, 0.29) is 5.91 Å². The van der Waals surface area contributed by atoms with Crippen LogP contribution in [0.15, 0.2) is 42.6 Å². The summed E-state index contributed by atoms with van der Waals surface area (Å²) in [5.41, 5.74) is 13.6. The predicted octanol–water partition coefficient (Wildman–Crippen LogP) is 3.23. The molecule has 0 unspecified atom stereocenters. The molecule has 0 fully saturated rings. The number of carbonyl (C=O) groups is 1. The Balaban J connectivity index is 1.61. The van der Waals surface area contributed by atoms with Crippen molar-refractivity contribution in [3.63, 3.8) is 0 Å². The van der Waals surface area contributed by atoms with E-state index in [0.717, 1.165) is 10.6 Å². The van der Waals surface area contributed by atoms with Crippen LogP contribution in [-0.4, -0.2) is 21.1 Å². The third-order valence-corrected chi connectivity index (χ3v) is 5.49. The minimum absolute atomic E-state index is 0.338. The lowest BCUT2D eigenvalue weighted by Crippen LogP contribution is -2.11. The molecular formula is C16H12N6OS2.